The zero-order chi connectivity index (χ0) is 22.3. The van der Waals surface area contributed by atoms with E-state index in [-0.39, 0.29) is 30.1 Å². The summed E-state index contributed by atoms with van der Waals surface area (Å²) in [5.74, 6) is 2.29. The molecular weight excluding hydrogens is 531 g/mol. The van der Waals surface area contributed by atoms with Gasteiger partial charge in [-0.2, -0.15) is 0 Å². The number of hydrogen-bond acceptors (Lipinski definition) is 6. The number of aromatic nitrogens is 2. The monoisotopic (exact) mass is 562 g/mol. The Kier molecular flexibility index (Phi) is 9.07. The molecule has 0 amide bonds. The van der Waals surface area contributed by atoms with Crippen LogP contribution in [0.5, 0.6) is 0 Å². The fourth-order valence-corrected chi connectivity index (χ4v) is 3.53. The van der Waals surface area contributed by atoms with Gasteiger partial charge in [-0.05, 0) is 37.6 Å². The molecule has 1 unspecified atom stereocenters. The second-order valence-corrected chi connectivity index (χ2v) is 7.94. The number of nitrogens with zero attached hydrogens (tertiary/aromatic N) is 4. The van der Waals surface area contributed by atoms with Crippen molar-refractivity contribution in [1.82, 2.24) is 20.6 Å². The van der Waals surface area contributed by atoms with E-state index in [0.29, 0.717) is 24.9 Å². The molecule has 0 spiro atoms. The lowest BCUT2D eigenvalue weighted by atomic mass is 10.1. The number of nitrogens with one attached hydrogen (secondary N) is 2. The zero-order valence-electron chi connectivity index (χ0n) is 19.2. The van der Waals surface area contributed by atoms with Crippen LogP contribution in [-0.4, -0.2) is 48.8 Å². The van der Waals surface area contributed by atoms with Gasteiger partial charge in [0.25, 0.3) is 0 Å². The van der Waals surface area contributed by atoms with Crippen LogP contribution in [0, 0.1) is 6.92 Å². The highest BCUT2D eigenvalue weighted by molar-refractivity contribution is 14.0. The topological polar surface area (TPSA) is 87.8 Å². The summed E-state index contributed by atoms with van der Waals surface area (Å²) in [4.78, 5) is 15.7. The van der Waals surface area contributed by atoms with E-state index in [9.17, 15) is 0 Å². The van der Waals surface area contributed by atoms with Crippen LogP contribution in [0.4, 0.5) is 5.82 Å². The normalized spacial score (nSPS) is 16.3. The fourth-order valence-electron chi connectivity index (χ4n) is 3.53. The first-order valence-corrected chi connectivity index (χ1v) is 10.9. The molecule has 176 valence electrons. The predicted octanol–water partition coefficient (Wildman–Crippen LogP) is 3.75. The lowest BCUT2D eigenvalue weighted by Crippen LogP contribution is -2.41. The number of pyridine rings is 1. The minimum Gasteiger partial charge on any atom is -0.444 e. The van der Waals surface area contributed by atoms with Gasteiger partial charge in [-0.1, -0.05) is 23.8 Å². The molecule has 0 saturated carbocycles. The Bertz CT molecular complexity index is 1040. The van der Waals surface area contributed by atoms with Crippen LogP contribution in [0.15, 0.2) is 58.3 Å². The number of aliphatic imine (C=N–C) groups is 1. The van der Waals surface area contributed by atoms with Crippen molar-refractivity contribution in [3.8, 4) is 11.5 Å². The molecule has 9 heteroatoms. The molecule has 1 aromatic carbocycles. The van der Waals surface area contributed by atoms with E-state index in [1.54, 1.807) is 13.3 Å². The Morgan fingerprint density at radius 1 is 1.15 bits per heavy atom. The first-order valence-electron chi connectivity index (χ1n) is 10.9. The van der Waals surface area contributed by atoms with E-state index < -0.39 is 0 Å². The van der Waals surface area contributed by atoms with E-state index in [1.807, 2.05) is 30.5 Å². The molecule has 4 rings (SSSR count). The van der Waals surface area contributed by atoms with Gasteiger partial charge in [0.1, 0.15) is 12.1 Å². The van der Waals surface area contributed by atoms with Crippen molar-refractivity contribution in [1.29, 1.82) is 0 Å². The second-order valence-electron chi connectivity index (χ2n) is 7.94. The highest BCUT2D eigenvalue weighted by atomic mass is 127. The second kappa shape index (κ2) is 12.0. The minimum atomic E-state index is 0. The van der Waals surface area contributed by atoms with Gasteiger partial charge in [-0.25, -0.2) is 9.97 Å². The third kappa shape index (κ3) is 6.91. The highest BCUT2D eigenvalue weighted by Crippen LogP contribution is 2.19. The van der Waals surface area contributed by atoms with E-state index in [0.717, 1.165) is 42.3 Å². The average Bonchev–Trinajstić information content (AvgIpc) is 3.29. The maximum Gasteiger partial charge on any atom is 0.226 e. The van der Waals surface area contributed by atoms with Crippen LogP contribution >= 0.6 is 24.0 Å². The molecule has 8 nitrogen and oxygen atoms in total. The summed E-state index contributed by atoms with van der Waals surface area (Å²) < 4.78 is 11.2. The van der Waals surface area contributed by atoms with Crippen molar-refractivity contribution in [3.63, 3.8) is 0 Å². The predicted molar refractivity (Wildman–Crippen MR) is 141 cm³/mol. The molecule has 1 saturated heterocycles. The molecule has 1 aliphatic heterocycles. The van der Waals surface area contributed by atoms with E-state index in [1.165, 1.54) is 5.56 Å². The van der Waals surface area contributed by atoms with Crippen molar-refractivity contribution in [2.24, 2.45) is 4.99 Å². The quantitative estimate of drug-likeness (QED) is 0.269. The standard InChI is InChI=1S/C24H30N6O2.HI/c1-17-4-7-20(8-5-17)23-29-21(16-32-23)14-28-24(25-3)27-13-19-6-9-22(26-12-19)30-10-11-31-18(2)15-30;/h4-9,12,16,18H,10-11,13-15H2,1-3H3,(H2,25,27,28);1H. The molecule has 0 bridgehead atoms. The number of morpholine rings is 1. The van der Waals surface area contributed by atoms with Crippen molar-refractivity contribution >= 4 is 35.8 Å². The van der Waals surface area contributed by atoms with Crippen molar-refractivity contribution in [2.75, 3.05) is 31.6 Å². The summed E-state index contributed by atoms with van der Waals surface area (Å²) in [6.45, 7) is 7.77. The first kappa shape index (κ1) is 25.0. The van der Waals surface area contributed by atoms with Gasteiger partial charge in [0, 0.05) is 38.4 Å². The number of aryl methyl sites for hydroxylation is 1. The van der Waals surface area contributed by atoms with Crippen LogP contribution < -0.4 is 15.5 Å². The van der Waals surface area contributed by atoms with Gasteiger partial charge < -0.3 is 24.7 Å². The van der Waals surface area contributed by atoms with Crippen molar-refractivity contribution in [3.05, 3.63) is 65.7 Å². The number of oxazole rings is 1. The molecule has 0 aliphatic carbocycles. The molecule has 3 aromatic rings. The summed E-state index contributed by atoms with van der Waals surface area (Å²) in [6.07, 6.45) is 3.81. The SMILES string of the molecule is CN=C(NCc1ccc(N2CCOC(C)C2)nc1)NCc1coc(-c2ccc(C)cc2)n1.I. The number of guanidine groups is 1. The van der Waals surface area contributed by atoms with E-state index in [2.05, 4.69) is 56.5 Å². The summed E-state index contributed by atoms with van der Waals surface area (Å²) in [5.41, 5.74) is 4.07. The molecule has 1 atom stereocenters. The first-order chi connectivity index (χ1) is 15.6. The van der Waals surface area contributed by atoms with Gasteiger partial charge in [0.15, 0.2) is 5.96 Å². The molecule has 0 radical (unpaired) electrons. The maximum atomic E-state index is 5.62. The van der Waals surface area contributed by atoms with E-state index in [4.69, 9.17) is 9.15 Å². The number of benzene rings is 1. The lowest BCUT2D eigenvalue weighted by Gasteiger charge is -2.32. The van der Waals surface area contributed by atoms with Crippen LogP contribution in [-0.2, 0) is 17.8 Å². The molecule has 2 N–H and O–H groups in total. The highest BCUT2D eigenvalue weighted by Gasteiger charge is 2.17. The van der Waals surface area contributed by atoms with E-state index >= 15 is 0 Å². The largest absolute Gasteiger partial charge is 0.444 e. The Morgan fingerprint density at radius 2 is 1.94 bits per heavy atom. The molecule has 3 heterocycles. The Balaban J connectivity index is 0.00000306. The summed E-state index contributed by atoms with van der Waals surface area (Å²) >= 11 is 0. The van der Waals surface area contributed by atoms with Crippen LogP contribution in [0.2, 0.25) is 0 Å². The smallest absolute Gasteiger partial charge is 0.226 e. The molecular formula is C24H31IN6O2. The third-order valence-corrected chi connectivity index (χ3v) is 5.34. The minimum absolute atomic E-state index is 0. The lowest BCUT2D eigenvalue weighted by molar-refractivity contribution is 0.0529. The maximum absolute atomic E-state index is 5.62. The van der Waals surface area contributed by atoms with Crippen molar-refractivity contribution < 1.29 is 9.15 Å². The number of anilines is 1. The number of halogens is 1. The van der Waals surface area contributed by atoms with Gasteiger partial charge >= 0.3 is 0 Å². The summed E-state index contributed by atoms with van der Waals surface area (Å²) in [5, 5.41) is 6.59. The average molecular weight is 562 g/mol. The van der Waals surface area contributed by atoms with Gasteiger partial charge in [-0.3, -0.25) is 4.99 Å². The molecule has 1 aliphatic rings. The Labute approximate surface area is 211 Å². The molecule has 1 fully saturated rings. The van der Waals surface area contributed by atoms with Gasteiger partial charge in [-0.15, -0.1) is 24.0 Å². The summed E-state index contributed by atoms with van der Waals surface area (Å²) in [7, 11) is 1.75. The van der Waals surface area contributed by atoms with Gasteiger partial charge in [0.05, 0.1) is 24.9 Å². The third-order valence-electron chi connectivity index (χ3n) is 5.34. The number of ether oxygens (including phenoxy) is 1. The Hall–Kier alpha value is -2.66. The molecule has 33 heavy (non-hydrogen) atoms. The summed E-state index contributed by atoms with van der Waals surface area (Å²) in [6, 6.07) is 12.3. The Morgan fingerprint density at radius 3 is 2.64 bits per heavy atom. The zero-order valence-corrected chi connectivity index (χ0v) is 21.6. The van der Waals surface area contributed by atoms with Crippen LogP contribution in [0.25, 0.3) is 11.5 Å². The number of rotatable bonds is 6. The van der Waals surface area contributed by atoms with Crippen LogP contribution in [0.3, 0.4) is 0 Å². The van der Waals surface area contributed by atoms with Crippen molar-refractivity contribution in [2.45, 2.75) is 33.0 Å². The van der Waals surface area contributed by atoms with Gasteiger partial charge in [0.2, 0.25) is 5.89 Å². The van der Waals surface area contributed by atoms with Crippen LogP contribution in [0.1, 0.15) is 23.7 Å². The fraction of sp³-hybridized carbons (Fsp3) is 0.375. The molecule has 2 aromatic heterocycles. The number of hydrogen-bond donors (Lipinski definition) is 2.